The fraction of sp³-hybridized carbons (Fsp3) is 0.0455. The minimum Gasteiger partial charge on any atom is -0.489 e. The van der Waals surface area contributed by atoms with Crippen molar-refractivity contribution in [2.45, 2.75) is 6.61 Å². The number of nitrogens with one attached hydrogen (secondary N) is 2. The first-order valence-corrected chi connectivity index (χ1v) is 9.62. The Morgan fingerprint density at radius 2 is 1.57 bits per heavy atom. The molecule has 0 radical (unpaired) electrons. The second-order valence-corrected chi connectivity index (χ2v) is 7.03. The number of carbonyl (C=O) groups excluding carboxylic acids is 2. The van der Waals surface area contributed by atoms with Crippen molar-refractivity contribution in [2.75, 3.05) is 5.32 Å². The maximum absolute atomic E-state index is 11.9. The van der Waals surface area contributed by atoms with Gasteiger partial charge in [0.2, 0.25) is 0 Å². The Kier molecular flexibility index (Phi) is 7.43. The molecule has 0 bridgehead atoms. The predicted octanol–water partition coefficient (Wildman–Crippen LogP) is 4.66. The number of amides is 2. The van der Waals surface area contributed by atoms with Gasteiger partial charge < -0.3 is 10.1 Å². The summed E-state index contributed by atoms with van der Waals surface area (Å²) in [5, 5.41) is 6.86. The van der Waals surface area contributed by atoms with Crippen LogP contribution in [0.4, 0.5) is 5.69 Å². The van der Waals surface area contributed by atoms with Gasteiger partial charge in [0.25, 0.3) is 0 Å². The number of rotatable bonds is 6. The number of ether oxygens (including phenoxy) is 1. The fourth-order valence-corrected chi connectivity index (χ4v) is 2.95. The van der Waals surface area contributed by atoms with Gasteiger partial charge in [0, 0.05) is 15.7 Å². The van der Waals surface area contributed by atoms with Gasteiger partial charge in [-0.15, -0.1) is 0 Å². The maximum atomic E-state index is 11.9. The normalized spacial score (nSPS) is 10.6. The number of hydrazone groups is 1. The summed E-state index contributed by atoms with van der Waals surface area (Å²) < 4.78 is 5.71. The van der Waals surface area contributed by atoms with Gasteiger partial charge in [-0.3, -0.25) is 9.59 Å². The van der Waals surface area contributed by atoms with Crippen molar-refractivity contribution < 1.29 is 14.3 Å². The second kappa shape index (κ2) is 10.4. The summed E-state index contributed by atoms with van der Waals surface area (Å²) >= 11 is 11.7. The maximum Gasteiger partial charge on any atom is 0.329 e. The Hall–Kier alpha value is -3.35. The molecule has 0 saturated heterocycles. The van der Waals surface area contributed by atoms with Crippen molar-refractivity contribution in [2.24, 2.45) is 5.10 Å². The molecule has 8 heteroatoms. The van der Waals surface area contributed by atoms with Gasteiger partial charge in [0.05, 0.1) is 6.21 Å². The third kappa shape index (κ3) is 6.62. The van der Waals surface area contributed by atoms with E-state index in [9.17, 15) is 9.59 Å². The van der Waals surface area contributed by atoms with Gasteiger partial charge >= 0.3 is 11.8 Å². The van der Waals surface area contributed by atoms with E-state index in [0.29, 0.717) is 28.1 Å². The molecule has 0 saturated carbocycles. The Bertz CT molecular complexity index is 1030. The van der Waals surface area contributed by atoms with E-state index in [1.54, 1.807) is 24.3 Å². The van der Waals surface area contributed by atoms with E-state index >= 15 is 0 Å². The second-order valence-electron chi connectivity index (χ2n) is 6.15. The van der Waals surface area contributed by atoms with E-state index in [2.05, 4.69) is 15.8 Å². The van der Waals surface area contributed by atoms with Crippen LogP contribution in [0.5, 0.6) is 5.75 Å². The highest BCUT2D eigenvalue weighted by Gasteiger charge is 2.13. The van der Waals surface area contributed by atoms with E-state index in [1.807, 2.05) is 30.3 Å². The Morgan fingerprint density at radius 3 is 2.23 bits per heavy atom. The van der Waals surface area contributed by atoms with Gasteiger partial charge in [0.15, 0.2) is 0 Å². The zero-order valence-corrected chi connectivity index (χ0v) is 17.2. The number of halogens is 2. The first-order valence-electron chi connectivity index (χ1n) is 8.87. The van der Waals surface area contributed by atoms with Crippen LogP contribution < -0.4 is 15.5 Å². The van der Waals surface area contributed by atoms with E-state index in [0.717, 1.165) is 11.1 Å². The van der Waals surface area contributed by atoms with E-state index in [-0.39, 0.29) is 0 Å². The van der Waals surface area contributed by atoms with Crippen molar-refractivity contribution in [3.63, 3.8) is 0 Å². The predicted molar refractivity (Wildman–Crippen MR) is 118 cm³/mol. The van der Waals surface area contributed by atoms with Gasteiger partial charge in [-0.25, -0.2) is 5.43 Å². The van der Waals surface area contributed by atoms with E-state index < -0.39 is 11.8 Å². The molecule has 0 aliphatic heterocycles. The highest BCUT2D eigenvalue weighted by Crippen LogP contribution is 2.22. The summed E-state index contributed by atoms with van der Waals surface area (Å²) in [6.45, 7) is 0.470. The Morgan fingerprint density at radius 1 is 0.900 bits per heavy atom. The minimum absolute atomic E-state index is 0.308. The molecule has 0 unspecified atom stereocenters. The third-order valence-corrected chi connectivity index (χ3v) is 4.27. The average Bonchev–Trinajstić information content (AvgIpc) is 2.73. The highest BCUT2D eigenvalue weighted by atomic mass is 35.5. The van der Waals surface area contributed by atoms with Gasteiger partial charge in [-0.05, 0) is 53.6 Å². The molecule has 30 heavy (non-hydrogen) atoms. The summed E-state index contributed by atoms with van der Waals surface area (Å²) in [5.41, 5.74) is 4.27. The molecule has 152 valence electrons. The lowest BCUT2D eigenvalue weighted by Gasteiger charge is -2.06. The standard InChI is InChI=1S/C22H17Cl2N3O3/c23-17-10-18(24)12-19(11-17)26-21(28)22(29)27-25-13-15-6-8-20(9-7-15)30-14-16-4-2-1-3-5-16/h1-13H,14H2,(H,26,28)(H,27,29)/b25-13-. The van der Waals surface area contributed by atoms with Gasteiger partial charge in [0.1, 0.15) is 12.4 Å². The Balaban J connectivity index is 1.48. The van der Waals surface area contributed by atoms with Gasteiger partial charge in [-0.1, -0.05) is 53.5 Å². The SMILES string of the molecule is O=C(N/N=C\c1ccc(OCc2ccccc2)cc1)C(=O)Nc1cc(Cl)cc(Cl)c1. The quantitative estimate of drug-likeness (QED) is 0.331. The van der Waals surface area contributed by atoms with Crippen molar-refractivity contribution in [1.29, 1.82) is 0 Å². The topological polar surface area (TPSA) is 79.8 Å². The molecular weight excluding hydrogens is 425 g/mol. The molecule has 3 rings (SSSR count). The summed E-state index contributed by atoms with van der Waals surface area (Å²) in [6.07, 6.45) is 1.42. The van der Waals surface area contributed by atoms with Crippen molar-refractivity contribution in [1.82, 2.24) is 5.43 Å². The zero-order valence-electron chi connectivity index (χ0n) is 15.6. The number of hydrogen-bond acceptors (Lipinski definition) is 4. The van der Waals surface area contributed by atoms with Gasteiger partial charge in [-0.2, -0.15) is 5.10 Å². The fourth-order valence-electron chi connectivity index (χ4n) is 2.42. The lowest BCUT2D eigenvalue weighted by atomic mass is 10.2. The minimum atomic E-state index is -0.926. The van der Waals surface area contributed by atoms with Crippen LogP contribution >= 0.6 is 23.2 Å². The lowest BCUT2D eigenvalue weighted by molar-refractivity contribution is -0.136. The summed E-state index contributed by atoms with van der Waals surface area (Å²) in [6, 6.07) is 21.5. The van der Waals surface area contributed by atoms with Crippen LogP contribution in [0.3, 0.4) is 0 Å². The molecule has 2 amide bonds. The van der Waals surface area contributed by atoms with E-state index in [1.165, 1.54) is 24.4 Å². The zero-order chi connectivity index (χ0) is 21.3. The molecule has 0 aromatic heterocycles. The van der Waals surface area contributed by atoms with Crippen LogP contribution in [-0.4, -0.2) is 18.0 Å². The number of carbonyl (C=O) groups is 2. The first-order chi connectivity index (χ1) is 14.5. The van der Waals surface area contributed by atoms with E-state index in [4.69, 9.17) is 27.9 Å². The van der Waals surface area contributed by atoms with Crippen LogP contribution in [0, 0.1) is 0 Å². The van der Waals surface area contributed by atoms with Crippen molar-refractivity contribution in [3.8, 4) is 5.75 Å². The summed E-state index contributed by atoms with van der Waals surface area (Å²) in [7, 11) is 0. The summed E-state index contributed by atoms with van der Waals surface area (Å²) in [4.78, 5) is 23.8. The first kappa shape index (κ1) is 21.4. The number of nitrogens with zero attached hydrogens (tertiary/aromatic N) is 1. The monoisotopic (exact) mass is 441 g/mol. The molecule has 0 aliphatic rings. The third-order valence-electron chi connectivity index (χ3n) is 3.83. The number of anilines is 1. The number of hydrogen-bond donors (Lipinski definition) is 2. The van der Waals surface area contributed by atoms with Crippen LogP contribution in [0.25, 0.3) is 0 Å². The molecule has 3 aromatic rings. The van der Waals surface area contributed by atoms with Crippen molar-refractivity contribution in [3.05, 3.63) is 94.0 Å². The summed E-state index contributed by atoms with van der Waals surface area (Å²) in [5.74, 6) is -1.11. The molecule has 6 nitrogen and oxygen atoms in total. The highest BCUT2D eigenvalue weighted by molar-refractivity contribution is 6.40. The van der Waals surface area contributed by atoms with Crippen LogP contribution in [0.15, 0.2) is 77.9 Å². The average molecular weight is 442 g/mol. The molecule has 0 spiro atoms. The van der Waals surface area contributed by atoms with Crippen LogP contribution in [-0.2, 0) is 16.2 Å². The molecule has 0 fully saturated rings. The Labute approximate surface area is 183 Å². The smallest absolute Gasteiger partial charge is 0.329 e. The molecule has 0 aliphatic carbocycles. The molecular formula is C22H17Cl2N3O3. The van der Waals surface area contributed by atoms with Crippen LogP contribution in [0.2, 0.25) is 10.0 Å². The number of benzene rings is 3. The van der Waals surface area contributed by atoms with Crippen LogP contribution in [0.1, 0.15) is 11.1 Å². The molecule has 2 N–H and O–H groups in total. The molecule has 0 atom stereocenters. The lowest BCUT2D eigenvalue weighted by Crippen LogP contribution is -2.32. The molecule has 3 aromatic carbocycles. The largest absolute Gasteiger partial charge is 0.489 e. The molecule has 0 heterocycles. The van der Waals surface area contributed by atoms with Crippen molar-refractivity contribution >= 4 is 46.9 Å².